The average molecular weight is 281 g/mol. The van der Waals surface area contributed by atoms with Gasteiger partial charge in [0.25, 0.3) is 0 Å². The van der Waals surface area contributed by atoms with Crippen LogP contribution in [-0.2, 0) is 11.2 Å². The smallest absolute Gasteiger partial charge is 0.323 e. The normalized spacial score (nSPS) is 15.6. The summed E-state index contributed by atoms with van der Waals surface area (Å²) in [6.45, 7) is 3.47. The lowest BCUT2D eigenvalue weighted by atomic mass is 9.87. The molecule has 5 N–H and O–H groups in total. The van der Waals surface area contributed by atoms with Crippen molar-refractivity contribution < 1.29 is 20.1 Å². The molecule has 0 aliphatic carbocycles. The van der Waals surface area contributed by atoms with Crippen LogP contribution in [0.15, 0.2) is 18.2 Å². The van der Waals surface area contributed by atoms with Gasteiger partial charge in [0.2, 0.25) is 0 Å². The molecule has 0 aromatic heterocycles. The minimum atomic E-state index is -1.21. The fourth-order valence-electron chi connectivity index (χ4n) is 2.36. The molecule has 1 aromatic rings. The highest BCUT2D eigenvalue weighted by atomic mass is 16.4. The molecule has 0 amide bonds. The van der Waals surface area contributed by atoms with E-state index in [1.165, 1.54) is 6.92 Å². The Morgan fingerprint density at radius 1 is 1.35 bits per heavy atom. The Hall–Kier alpha value is -1.75. The number of rotatable bonds is 7. The number of aromatic hydroxyl groups is 2. The average Bonchev–Trinajstić information content (AvgIpc) is 2.32. The summed E-state index contributed by atoms with van der Waals surface area (Å²) in [4.78, 5) is 11.0. The highest BCUT2D eigenvalue weighted by Crippen LogP contribution is 2.29. The van der Waals surface area contributed by atoms with Gasteiger partial charge in [-0.25, -0.2) is 0 Å². The summed E-state index contributed by atoms with van der Waals surface area (Å²) >= 11 is 0. The number of nitrogens with two attached hydrogens (primary N) is 1. The third-order valence-electron chi connectivity index (χ3n) is 3.51. The fraction of sp³-hybridized carbons (Fsp3) is 0.533. The number of aliphatic carboxylic acids is 1. The van der Waals surface area contributed by atoms with Crippen LogP contribution >= 0.6 is 0 Å². The summed E-state index contributed by atoms with van der Waals surface area (Å²) < 4.78 is 0. The first-order valence-electron chi connectivity index (χ1n) is 6.76. The van der Waals surface area contributed by atoms with Crippen LogP contribution in [0.1, 0.15) is 38.7 Å². The highest BCUT2D eigenvalue weighted by Gasteiger charge is 2.29. The van der Waals surface area contributed by atoms with Gasteiger partial charge in [-0.15, -0.1) is 0 Å². The van der Waals surface area contributed by atoms with E-state index in [4.69, 9.17) is 10.8 Å². The molecule has 5 heteroatoms. The number of carboxylic acids is 1. The highest BCUT2D eigenvalue weighted by molar-refractivity contribution is 5.77. The van der Waals surface area contributed by atoms with Crippen molar-refractivity contribution in [1.29, 1.82) is 0 Å². The summed E-state index contributed by atoms with van der Waals surface area (Å²) in [7, 11) is 0. The van der Waals surface area contributed by atoms with E-state index < -0.39 is 11.5 Å². The largest absolute Gasteiger partial charge is 0.508 e. The van der Waals surface area contributed by atoms with Gasteiger partial charge in [0, 0.05) is 5.56 Å². The Morgan fingerprint density at radius 2 is 1.90 bits per heavy atom. The van der Waals surface area contributed by atoms with Crippen LogP contribution in [0.4, 0.5) is 0 Å². The molecular weight excluding hydrogens is 258 g/mol. The summed E-state index contributed by atoms with van der Waals surface area (Å²) in [5, 5.41) is 28.3. The molecule has 0 saturated carbocycles. The molecule has 0 aliphatic heterocycles. The van der Waals surface area contributed by atoms with Crippen LogP contribution in [0.3, 0.4) is 0 Å². The first-order valence-corrected chi connectivity index (χ1v) is 6.76. The van der Waals surface area contributed by atoms with Gasteiger partial charge in [0.1, 0.15) is 17.0 Å². The van der Waals surface area contributed by atoms with Crippen molar-refractivity contribution in [2.75, 3.05) is 0 Å². The maximum absolute atomic E-state index is 11.0. The van der Waals surface area contributed by atoms with E-state index in [-0.39, 0.29) is 17.4 Å². The maximum Gasteiger partial charge on any atom is 0.323 e. The van der Waals surface area contributed by atoms with Gasteiger partial charge in [0.05, 0.1) is 0 Å². The van der Waals surface area contributed by atoms with Gasteiger partial charge in [0.15, 0.2) is 0 Å². The van der Waals surface area contributed by atoms with Crippen LogP contribution in [-0.4, -0.2) is 26.8 Å². The van der Waals surface area contributed by atoms with Crippen molar-refractivity contribution in [2.45, 2.75) is 45.1 Å². The lowest BCUT2D eigenvalue weighted by molar-refractivity contribution is -0.143. The zero-order chi connectivity index (χ0) is 15.3. The lowest BCUT2D eigenvalue weighted by Crippen LogP contribution is -2.46. The van der Waals surface area contributed by atoms with Gasteiger partial charge >= 0.3 is 5.97 Å². The van der Waals surface area contributed by atoms with Gasteiger partial charge in [-0.3, -0.25) is 4.79 Å². The van der Waals surface area contributed by atoms with E-state index in [1.54, 1.807) is 18.2 Å². The molecule has 0 fully saturated rings. The number of hydrogen-bond donors (Lipinski definition) is 4. The number of carboxylic acid groups (broad SMARTS) is 1. The zero-order valence-electron chi connectivity index (χ0n) is 12.0. The molecule has 112 valence electrons. The maximum atomic E-state index is 11.0. The number of phenolic OH excluding ortho intramolecular Hbond substituents is 2. The molecule has 0 spiro atoms. The van der Waals surface area contributed by atoms with Gasteiger partial charge in [-0.1, -0.05) is 19.4 Å². The quantitative estimate of drug-likeness (QED) is 0.613. The third kappa shape index (κ3) is 4.42. The lowest BCUT2D eigenvalue weighted by Gasteiger charge is -2.23. The molecular formula is C15H23NO4. The van der Waals surface area contributed by atoms with Gasteiger partial charge in [-0.05, 0) is 44.2 Å². The van der Waals surface area contributed by atoms with Crippen molar-refractivity contribution in [3.05, 3.63) is 23.8 Å². The van der Waals surface area contributed by atoms with E-state index in [0.717, 1.165) is 12.8 Å². The minimum absolute atomic E-state index is 0.0897. The number of carbonyl (C=O) groups is 1. The molecule has 0 saturated heterocycles. The molecule has 0 radical (unpaired) electrons. The van der Waals surface area contributed by atoms with E-state index in [2.05, 4.69) is 0 Å². The van der Waals surface area contributed by atoms with Crippen molar-refractivity contribution in [3.8, 4) is 11.5 Å². The van der Waals surface area contributed by atoms with Crippen molar-refractivity contribution in [1.82, 2.24) is 0 Å². The second-order valence-corrected chi connectivity index (χ2v) is 5.70. The first-order chi connectivity index (χ1) is 9.24. The van der Waals surface area contributed by atoms with Crippen LogP contribution < -0.4 is 5.73 Å². The van der Waals surface area contributed by atoms with Crippen LogP contribution in [0.2, 0.25) is 0 Å². The number of phenols is 2. The second-order valence-electron chi connectivity index (χ2n) is 5.70. The molecule has 0 bridgehead atoms. The Labute approximate surface area is 119 Å². The van der Waals surface area contributed by atoms with E-state index in [1.807, 2.05) is 6.92 Å². The van der Waals surface area contributed by atoms with Crippen LogP contribution in [0, 0.1) is 5.92 Å². The zero-order valence-corrected chi connectivity index (χ0v) is 12.0. The fourth-order valence-corrected chi connectivity index (χ4v) is 2.36. The monoisotopic (exact) mass is 281 g/mol. The van der Waals surface area contributed by atoms with E-state index in [9.17, 15) is 15.0 Å². The summed E-state index contributed by atoms with van der Waals surface area (Å²) in [5.74, 6) is -0.657. The Balaban J connectivity index is 2.47. The Bertz CT molecular complexity index is 451. The minimum Gasteiger partial charge on any atom is -0.508 e. The van der Waals surface area contributed by atoms with Gasteiger partial charge in [-0.2, -0.15) is 0 Å². The summed E-state index contributed by atoms with van der Waals surface area (Å²) in [6.07, 6.45) is 2.49. The molecule has 1 aromatic carbocycles. The topological polar surface area (TPSA) is 104 Å². The SMILES string of the molecule is CC(CCCc1c(O)cccc1O)CC(C)(N)C(=O)O. The van der Waals surface area contributed by atoms with E-state index >= 15 is 0 Å². The predicted molar refractivity (Wildman–Crippen MR) is 76.7 cm³/mol. The second kappa shape index (κ2) is 6.61. The molecule has 2 unspecified atom stereocenters. The van der Waals surface area contributed by atoms with Crippen molar-refractivity contribution in [3.63, 3.8) is 0 Å². The van der Waals surface area contributed by atoms with Crippen molar-refractivity contribution in [2.24, 2.45) is 11.7 Å². The van der Waals surface area contributed by atoms with Crippen molar-refractivity contribution >= 4 is 5.97 Å². The Morgan fingerprint density at radius 3 is 2.40 bits per heavy atom. The van der Waals surface area contributed by atoms with E-state index in [0.29, 0.717) is 18.4 Å². The van der Waals surface area contributed by atoms with Gasteiger partial charge < -0.3 is 21.1 Å². The molecule has 5 nitrogen and oxygen atoms in total. The van der Waals surface area contributed by atoms with Crippen LogP contribution in [0.25, 0.3) is 0 Å². The standard InChI is InChI=1S/C15H23NO4/c1-10(9-15(2,16)14(19)20)5-3-6-11-12(17)7-4-8-13(11)18/h4,7-8,10,17-18H,3,5-6,9,16H2,1-2H3,(H,19,20). The number of benzene rings is 1. The Kier molecular flexibility index (Phi) is 5.39. The summed E-state index contributed by atoms with van der Waals surface area (Å²) in [5.41, 5.74) is 5.04. The number of hydrogen-bond acceptors (Lipinski definition) is 4. The van der Waals surface area contributed by atoms with Crippen LogP contribution in [0.5, 0.6) is 11.5 Å². The molecule has 0 aliphatic rings. The summed E-state index contributed by atoms with van der Waals surface area (Å²) in [6, 6.07) is 4.67. The molecule has 2 atom stereocenters. The third-order valence-corrected chi connectivity index (χ3v) is 3.51. The molecule has 20 heavy (non-hydrogen) atoms. The first kappa shape index (κ1) is 16.3. The molecule has 1 rings (SSSR count). The molecule has 0 heterocycles. The predicted octanol–water partition coefficient (Wildman–Crippen LogP) is 2.25.